The summed E-state index contributed by atoms with van der Waals surface area (Å²) in [5.74, 6) is -2.02. The van der Waals surface area contributed by atoms with Crippen LogP contribution in [0.2, 0.25) is 0 Å². The van der Waals surface area contributed by atoms with Gasteiger partial charge in [-0.2, -0.15) is 0 Å². The van der Waals surface area contributed by atoms with E-state index in [9.17, 15) is 13.6 Å². The number of aromatic nitrogens is 2. The van der Waals surface area contributed by atoms with Crippen molar-refractivity contribution in [2.24, 2.45) is 0 Å². The van der Waals surface area contributed by atoms with Crippen LogP contribution in [0.15, 0.2) is 23.7 Å². The van der Waals surface area contributed by atoms with Gasteiger partial charge in [0.25, 0.3) is 0 Å². The van der Waals surface area contributed by atoms with E-state index in [1.165, 1.54) is 24.5 Å². The van der Waals surface area contributed by atoms with Gasteiger partial charge in [0.1, 0.15) is 11.6 Å². The van der Waals surface area contributed by atoms with E-state index in [2.05, 4.69) is 4.98 Å². The predicted octanol–water partition coefficient (Wildman–Crippen LogP) is 3.28. The lowest BCUT2D eigenvalue weighted by Gasteiger charge is -2.02. The first-order valence-electron chi connectivity index (χ1n) is 6.09. The van der Waals surface area contributed by atoms with E-state index in [0.29, 0.717) is 10.7 Å². The summed E-state index contributed by atoms with van der Waals surface area (Å²) in [7, 11) is 0. The normalized spacial score (nSPS) is 11.2. The summed E-state index contributed by atoms with van der Waals surface area (Å²) in [5.41, 5.74) is 1.12. The molecule has 0 saturated heterocycles. The third-order valence-corrected chi connectivity index (χ3v) is 4.03. The van der Waals surface area contributed by atoms with Crippen LogP contribution in [0.25, 0.3) is 16.2 Å². The van der Waals surface area contributed by atoms with Gasteiger partial charge in [0.15, 0.2) is 4.96 Å². The largest absolute Gasteiger partial charge is 0.481 e. The average molecular weight is 308 g/mol. The van der Waals surface area contributed by atoms with Crippen molar-refractivity contribution in [2.45, 2.75) is 13.3 Å². The monoisotopic (exact) mass is 308 g/mol. The number of nitrogens with zero attached hydrogens (tertiary/aromatic N) is 2. The number of aliphatic carboxylic acids is 1. The smallest absolute Gasteiger partial charge is 0.309 e. The highest BCUT2D eigenvalue weighted by Crippen LogP contribution is 2.27. The number of carboxylic acid groups (broad SMARTS) is 1. The number of rotatable bonds is 3. The number of thiazole rings is 1. The standard InChI is InChI=1S/C14H10F2N2O2S/c1-7-2-11(16)9(4-10(7)15)12-5-18-8(3-13(19)20)6-21-14(18)17-12/h2,4-6H,3H2,1H3,(H,19,20). The van der Waals surface area contributed by atoms with Gasteiger partial charge in [0.2, 0.25) is 0 Å². The number of carbonyl (C=O) groups is 1. The van der Waals surface area contributed by atoms with Crippen LogP contribution < -0.4 is 0 Å². The fourth-order valence-electron chi connectivity index (χ4n) is 2.08. The Morgan fingerprint density at radius 2 is 2.14 bits per heavy atom. The Morgan fingerprint density at radius 3 is 2.86 bits per heavy atom. The van der Waals surface area contributed by atoms with Gasteiger partial charge in [-0.05, 0) is 24.6 Å². The molecule has 7 heteroatoms. The van der Waals surface area contributed by atoms with Crippen LogP contribution in [0.3, 0.4) is 0 Å². The number of halogens is 2. The van der Waals surface area contributed by atoms with Crippen molar-refractivity contribution in [1.82, 2.24) is 9.38 Å². The van der Waals surface area contributed by atoms with Crippen LogP contribution in [0.1, 0.15) is 11.3 Å². The second-order valence-electron chi connectivity index (χ2n) is 4.66. The summed E-state index contributed by atoms with van der Waals surface area (Å²) in [6, 6.07) is 2.23. The van der Waals surface area contributed by atoms with Crippen LogP contribution in [-0.2, 0) is 11.2 Å². The van der Waals surface area contributed by atoms with Crippen LogP contribution in [-0.4, -0.2) is 20.5 Å². The van der Waals surface area contributed by atoms with Gasteiger partial charge in [-0.3, -0.25) is 9.20 Å². The second kappa shape index (κ2) is 4.92. The van der Waals surface area contributed by atoms with Gasteiger partial charge >= 0.3 is 5.97 Å². The molecule has 0 aliphatic rings. The molecule has 108 valence electrons. The molecule has 0 aliphatic carbocycles. The van der Waals surface area contributed by atoms with Crippen molar-refractivity contribution in [2.75, 3.05) is 0 Å². The Morgan fingerprint density at radius 1 is 1.38 bits per heavy atom. The minimum atomic E-state index is -0.961. The van der Waals surface area contributed by atoms with Gasteiger partial charge in [-0.25, -0.2) is 13.8 Å². The minimum absolute atomic E-state index is 0.0651. The third-order valence-electron chi connectivity index (χ3n) is 3.14. The first-order chi connectivity index (χ1) is 9.95. The molecule has 4 nitrogen and oxygen atoms in total. The minimum Gasteiger partial charge on any atom is -0.481 e. The Bertz CT molecular complexity index is 854. The van der Waals surface area contributed by atoms with E-state index in [-0.39, 0.29) is 23.2 Å². The highest BCUT2D eigenvalue weighted by molar-refractivity contribution is 7.15. The Labute approximate surface area is 122 Å². The predicted molar refractivity (Wildman–Crippen MR) is 74.5 cm³/mol. The fourth-order valence-corrected chi connectivity index (χ4v) is 2.96. The molecule has 0 aliphatic heterocycles. The molecule has 0 fully saturated rings. The number of hydrogen-bond acceptors (Lipinski definition) is 3. The number of fused-ring (bicyclic) bond motifs is 1. The van der Waals surface area contributed by atoms with Crippen molar-refractivity contribution in [3.8, 4) is 11.3 Å². The SMILES string of the molecule is Cc1cc(F)c(-c2cn3c(CC(=O)O)csc3n2)cc1F. The number of aryl methyl sites for hydroxylation is 1. The van der Waals surface area contributed by atoms with Crippen LogP contribution in [0.5, 0.6) is 0 Å². The van der Waals surface area contributed by atoms with Crippen molar-refractivity contribution in [3.05, 3.63) is 46.6 Å². The molecule has 0 radical (unpaired) electrons. The molecule has 0 unspecified atom stereocenters. The lowest BCUT2D eigenvalue weighted by molar-refractivity contribution is -0.136. The van der Waals surface area contributed by atoms with Gasteiger partial charge in [-0.1, -0.05) is 0 Å². The summed E-state index contributed by atoms with van der Waals surface area (Å²) in [6.07, 6.45) is 1.37. The van der Waals surface area contributed by atoms with Crippen molar-refractivity contribution in [3.63, 3.8) is 0 Å². The summed E-state index contributed by atoms with van der Waals surface area (Å²) in [6.45, 7) is 1.49. The summed E-state index contributed by atoms with van der Waals surface area (Å²) in [5, 5.41) is 10.5. The molecule has 1 aromatic carbocycles. The average Bonchev–Trinajstić information content (AvgIpc) is 2.95. The third kappa shape index (κ3) is 2.40. The van der Waals surface area contributed by atoms with Crippen molar-refractivity contribution < 1.29 is 18.7 Å². The highest BCUT2D eigenvalue weighted by atomic mass is 32.1. The van der Waals surface area contributed by atoms with Crippen LogP contribution in [0, 0.1) is 18.6 Å². The second-order valence-corrected chi connectivity index (χ2v) is 5.49. The molecular formula is C14H10F2N2O2S. The van der Waals surface area contributed by atoms with E-state index < -0.39 is 17.6 Å². The maximum absolute atomic E-state index is 14.0. The number of hydrogen-bond donors (Lipinski definition) is 1. The molecule has 2 heterocycles. The van der Waals surface area contributed by atoms with E-state index >= 15 is 0 Å². The lowest BCUT2D eigenvalue weighted by atomic mass is 10.1. The van der Waals surface area contributed by atoms with E-state index in [0.717, 1.165) is 12.1 Å². The van der Waals surface area contributed by atoms with E-state index in [1.54, 1.807) is 9.78 Å². The first-order valence-corrected chi connectivity index (χ1v) is 6.97. The topological polar surface area (TPSA) is 54.6 Å². The van der Waals surface area contributed by atoms with E-state index in [4.69, 9.17) is 5.11 Å². The molecule has 0 spiro atoms. The maximum Gasteiger partial charge on any atom is 0.309 e. The zero-order valence-corrected chi connectivity index (χ0v) is 11.7. The Hall–Kier alpha value is -2.28. The Balaban J connectivity index is 2.11. The van der Waals surface area contributed by atoms with Gasteiger partial charge in [0.05, 0.1) is 12.1 Å². The van der Waals surface area contributed by atoms with Crippen molar-refractivity contribution >= 4 is 22.3 Å². The quantitative estimate of drug-likeness (QED) is 0.808. The summed E-state index contributed by atoms with van der Waals surface area (Å²) in [4.78, 5) is 15.6. The number of carboxylic acids is 1. The van der Waals surface area contributed by atoms with Gasteiger partial charge < -0.3 is 5.11 Å². The van der Waals surface area contributed by atoms with Crippen LogP contribution in [0.4, 0.5) is 8.78 Å². The fraction of sp³-hybridized carbons (Fsp3) is 0.143. The van der Waals surface area contributed by atoms with Crippen LogP contribution >= 0.6 is 11.3 Å². The molecular weight excluding hydrogens is 298 g/mol. The highest BCUT2D eigenvalue weighted by Gasteiger charge is 2.15. The van der Waals surface area contributed by atoms with Gasteiger partial charge in [0, 0.05) is 22.8 Å². The molecule has 21 heavy (non-hydrogen) atoms. The Kier molecular flexibility index (Phi) is 3.21. The molecule has 0 amide bonds. The number of imidazole rings is 1. The molecule has 0 saturated carbocycles. The molecule has 2 aromatic heterocycles. The zero-order chi connectivity index (χ0) is 15.1. The summed E-state index contributed by atoms with van der Waals surface area (Å²) >= 11 is 1.26. The molecule has 0 atom stereocenters. The summed E-state index contributed by atoms with van der Waals surface area (Å²) < 4.78 is 29.1. The lowest BCUT2D eigenvalue weighted by Crippen LogP contribution is -2.02. The molecule has 0 bridgehead atoms. The maximum atomic E-state index is 14.0. The number of benzene rings is 1. The van der Waals surface area contributed by atoms with Gasteiger partial charge in [-0.15, -0.1) is 11.3 Å². The molecule has 1 N–H and O–H groups in total. The molecule has 3 rings (SSSR count). The molecule has 3 aromatic rings. The van der Waals surface area contributed by atoms with E-state index in [1.807, 2.05) is 0 Å². The first kappa shape index (κ1) is 13.7. The van der Waals surface area contributed by atoms with Crippen molar-refractivity contribution in [1.29, 1.82) is 0 Å². The zero-order valence-electron chi connectivity index (χ0n) is 10.9.